The Hall–Kier alpha value is -2.19. The van der Waals surface area contributed by atoms with E-state index >= 15 is 0 Å². The topological polar surface area (TPSA) is 17.1 Å². The van der Waals surface area contributed by atoms with Crippen molar-refractivity contribution >= 4 is 10.8 Å². The van der Waals surface area contributed by atoms with Gasteiger partial charge in [0.2, 0.25) is 0 Å². The van der Waals surface area contributed by atoms with Crippen LogP contribution < -0.4 is 0 Å². The molecule has 0 spiro atoms. The molecule has 3 rings (SSSR count). The van der Waals surface area contributed by atoms with Crippen LogP contribution in [-0.4, -0.2) is 4.21 Å². The first-order valence-corrected chi connectivity index (χ1v) is 8.68. The lowest BCUT2D eigenvalue weighted by atomic mass is 10.1. The van der Waals surface area contributed by atoms with Gasteiger partial charge in [-0.25, -0.2) is 0 Å². The Bertz CT molecular complexity index is 734. The van der Waals surface area contributed by atoms with E-state index in [2.05, 4.69) is 36.4 Å². The molecule has 0 bridgehead atoms. The van der Waals surface area contributed by atoms with Crippen LogP contribution in [0, 0.1) is 0 Å². The maximum absolute atomic E-state index is 12.4. The van der Waals surface area contributed by atoms with Crippen LogP contribution in [0.3, 0.4) is 0 Å². The van der Waals surface area contributed by atoms with Gasteiger partial charge in [-0.15, -0.1) is 0 Å². The van der Waals surface area contributed by atoms with E-state index in [1.807, 2.05) is 48.5 Å². The van der Waals surface area contributed by atoms with Gasteiger partial charge in [-0.2, -0.15) is 0 Å². The molecule has 0 aliphatic heterocycles. The molecular weight excluding hydrogens is 288 g/mol. The molecule has 0 saturated carbocycles. The molecule has 0 radical (unpaired) electrons. The molecule has 0 amide bonds. The van der Waals surface area contributed by atoms with Crippen molar-refractivity contribution in [2.45, 2.75) is 17.1 Å². The van der Waals surface area contributed by atoms with E-state index in [-0.39, 0.29) is 0 Å². The van der Waals surface area contributed by atoms with Gasteiger partial charge >= 0.3 is 0 Å². The Morgan fingerprint density at radius 1 is 0.591 bits per heavy atom. The highest BCUT2D eigenvalue weighted by atomic mass is 32.2. The first-order chi connectivity index (χ1) is 10.8. The highest BCUT2D eigenvalue weighted by Crippen LogP contribution is 2.15. The zero-order chi connectivity index (χ0) is 15.2. The van der Waals surface area contributed by atoms with Crippen molar-refractivity contribution in [3.05, 3.63) is 102 Å². The van der Waals surface area contributed by atoms with Gasteiger partial charge in [-0.1, -0.05) is 72.8 Å². The Kier molecular flexibility index (Phi) is 4.81. The summed E-state index contributed by atoms with van der Waals surface area (Å²) < 4.78 is 12.4. The Labute approximate surface area is 134 Å². The fraction of sp³-hybridized carbons (Fsp3) is 0.100. The molecule has 3 aromatic carbocycles. The molecule has 3 aromatic rings. The molecule has 1 atom stereocenters. The van der Waals surface area contributed by atoms with E-state index in [0.717, 1.165) is 16.9 Å². The summed E-state index contributed by atoms with van der Waals surface area (Å²) >= 11 is 0. The van der Waals surface area contributed by atoms with Gasteiger partial charge in [0.05, 0.1) is 16.6 Å². The highest BCUT2D eigenvalue weighted by Gasteiger charge is 2.05. The van der Waals surface area contributed by atoms with Gasteiger partial charge in [0.1, 0.15) is 0 Å². The Morgan fingerprint density at radius 3 is 1.68 bits per heavy atom. The molecule has 0 N–H and O–H groups in total. The molecular formula is C20H18OS. The van der Waals surface area contributed by atoms with Gasteiger partial charge in [0, 0.05) is 4.90 Å². The first-order valence-electron chi connectivity index (χ1n) is 7.36. The van der Waals surface area contributed by atoms with E-state index in [9.17, 15) is 4.21 Å². The van der Waals surface area contributed by atoms with Gasteiger partial charge in [0.15, 0.2) is 0 Å². The monoisotopic (exact) mass is 306 g/mol. The van der Waals surface area contributed by atoms with Crippen LogP contribution in [0.15, 0.2) is 89.8 Å². The smallest absolute Gasteiger partial charge is 0.0574 e. The number of hydrogen-bond acceptors (Lipinski definition) is 1. The van der Waals surface area contributed by atoms with Gasteiger partial charge < -0.3 is 0 Å². The minimum atomic E-state index is -0.989. The molecule has 0 saturated heterocycles. The average molecular weight is 306 g/mol. The summed E-state index contributed by atoms with van der Waals surface area (Å²) in [6.45, 7) is 0. The third-order valence-corrected chi connectivity index (χ3v) is 4.97. The molecule has 0 heterocycles. The zero-order valence-corrected chi connectivity index (χ0v) is 13.1. The van der Waals surface area contributed by atoms with Crippen LogP contribution in [0.2, 0.25) is 0 Å². The molecule has 2 heteroatoms. The van der Waals surface area contributed by atoms with Gasteiger partial charge in [-0.3, -0.25) is 4.21 Å². The van der Waals surface area contributed by atoms with Crippen LogP contribution in [0.1, 0.15) is 16.7 Å². The fourth-order valence-corrected chi connectivity index (χ4v) is 3.50. The molecule has 0 aromatic heterocycles. The minimum absolute atomic E-state index is 0.568. The summed E-state index contributed by atoms with van der Waals surface area (Å²) in [5.74, 6) is 0.568. The number of benzene rings is 3. The van der Waals surface area contributed by atoms with Crippen LogP contribution in [-0.2, 0) is 23.0 Å². The van der Waals surface area contributed by atoms with Crippen molar-refractivity contribution in [2.75, 3.05) is 0 Å². The summed E-state index contributed by atoms with van der Waals surface area (Å²) in [6.07, 6.45) is 0.909. The molecule has 0 aliphatic rings. The summed E-state index contributed by atoms with van der Waals surface area (Å²) in [7, 11) is -0.989. The summed E-state index contributed by atoms with van der Waals surface area (Å²) in [5, 5.41) is 0. The standard InChI is InChI=1S/C20H18OS/c21-22(16-19-9-5-2-6-10-19)20-13-11-18(12-14-20)15-17-7-3-1-4-8-17/h1-14H,15-16H2. The molecule has 0 aliphatic carbocycles. The van der Waals surface area contributed by atoms with Crippen molar-refractivity contribution in [1.82, 2.24) is 0 Å². The third kappa shape index (κ3) is 3.92. The SMILES string of the molecule is O=S(Cc1ccccc1)c1ccc(Cc2ccccc2)cc1. The molecule has 1 unspecified atom stereocenters. The third-order valence-electron chi connectivity index (χ3n) is 3.58. The van der Waals surface area contributed by atoms with Gasteiger partial charge in [0.25, 0.3) is 0 Å². The molecule has 1 nitrogen and oxygen atoms in total. The van der Waals surface area contributed by atoms with E-state index in [4.69, 9.17) is 0 Å². The second-order valence-corrected chi connectivity index (χ2v) is 6.73. The van der Waals surface area contributed by atoms with Crippen molar-refractivity contribution in [1.29, 1.82) is 0 Å². The van der Waals surface area contributed by atoms with E-state index < -0.39 is 10.8 Å². The van der Waals surface area contributed by atoms with E-state index in [1.165, 1.54) is 11.1 Å². The van der Waals surface area contributed by atoms with Gasteiger partial charge in [-0.05, 0) is 35.2 Å². The van der Waals surface area contributed by atoms with Crippen LogP contribution in [0.5, 0.6) is 0 Å². The average Bonchev–Trinajstić information content (AvgIpc) is 2.57. The summed E-state index contributed by atoms with van der Waals surface area (Å²) in [5.41, 5.74) is 3.64. The molecule has 110 valence electrons. The normalized spacial score (nSPS) is 12.0. The van der Waals surface area contributed by atoms with E-state index in [0.29, 0.717) is 5.75 Å². The van der Waals surface area contributed by atoms with Crippen molar-refractivity contribution < 1.29 is 4.21 Å². The number of hydrogen-bond donors (Lipinski definition) is 0. The largest absolute Gasteiger partial charge is 0.254 e. The second-order valence-electron chi connectivity index (χ2n) is 5.28. The Morgan fingerprint density at radius 2 is 1.09 bits per heavy atom. The van der Waals surface area contributed by atoms with Crippen molar-refractivity contribution in [3.8, 4) is 0 Å². The zero-order valence-electron chi connectivity index (χ0n) is 12.3. The molecule has 0 fully saturated rings. The molecule has 22 heavy (non-hydrogen) atoms. The van der Waals surface area contributed by atoms with Crippen molar-refractivity contribution in [2.24, 2.45) is 0 Å². The van der Waals surface area contributed by atoms with Crippen molar-refractivity contribution in [3.63, 3.8) is 0 Å². The van der Waals surface area contributed by atoms with Crippen LogP contribution >= 0.6 is 0 Å². The lowest BCUT2D eigenvalue weighted by molar-refractivity contribution is 0.682. The minimum Gasteiger partial charge on any atom is -0.254 e. The fourth-order valence-electron chi connectivity index (χ4n) is 2.40. The predicted molar refractivity (Wildman–Crippen MR) is 92.2 cm³/mol. The highest BCUT2D eigenvalue weighted by molar-refractivity contribution is 7.84. The Balaban J connectivity index is 1.67. The number of rotatable bonds is 5. The quantitative estimate of drug-likeness (QED) is 0.674. The van der Waals surface area contributed by atoms with Crippen LogP contribution in [0.4, 0.5) is 0 Å². The van der Waals surface area contributed by atoms with E-state index in [1.54, 1.807) is 0 Å². The lowest BCUT2D eigenvalue weighted by Gasteiger charge is -2.05. The summed E-state index contributed by atoms with van der Waals surface area (Å²) in [4.78, 5) is 0.890. The lowest BCUT2D eigenvalue weighted by Crippen LogP contribution is -1.97. The maximum Gasteiger partial charge on any atom is 0.0574 e. The first kappa shape index (κ1) is 14.7. The maximum atomic E-state index is 12.4. The second kappa shape index (κ2) is 7.19. The predicted octanol–water partition coefficient (Wildman–Crippen LogP) is 4.59. The van der Waals surface area contributed by atoms with Crippen LogP contribution in [0.25, 0.3) is 0 Å². The summed E-state index contributed by atoms with van der Waals surface area (Å²) in [6, 6.07) is 28.5.